The first-order chi connectivity index (χ1) is 15.7. The Hall–Kier alpha value is -3.79. The van der Waals surface area contributed by atoms with Crippen molar-refractivity contribution in [2.45, 2.75) is 40.0 Å². The van der Waals surface area contributed by atoms with Crippen molar-refractivity contribution in [1.29, 1.82) is 0 Å². The van der Waals surface area contributed by atoms with Crippen LogP contribution in [0.25, 0.3) is 22.2 Å². The van der Waals surface area contributed by atoms with Gasteiger partial charge in [0.25, 0.3) is 0 Å². The van der Waals surface area contributed by atoms with Gasteiger partial charge in [-0.3, -0.25) is 0 Å². The molecule has 0 aliphatic heterocycles. The van der Waals surface area contributed by atoms with Crippen molar-refractivity contribution >= 4 is 22.6 Å². The Morgan fingerprint density at radius 1 is 0.909 bits per heavy atom. The fourth-order valence-corrected chi connectivity index (χ4v) is 3.72. The van der Waals surface area contributed by atoms with Crippen LogP contribution in [0.1, 0.15) is 54.7 Å². The van der Waals surface area contributed by atoms with E-state index in [0.29, 0.717) is 11.3 Å². The molecule has 1 aromatic heterocycles. The van der Waals surface area contributed by atoms with Crippen molar-refractivity contribution in [3.05, 3.63) is 101 Å². The predicted octanol–water partition coefficient (Wildman–Crippen LogP) is 7.09. The van der Waals surface area contributed by atoms with Crippen molar-refractivity contribution in [3.63, 3.8) is 0 Å². The molecule has 0 bridgehead atoms. The highest BCUT2D eigenvalue weighted by molar-refractivity contribution is 6.05. The molecular formula is C29H28N2O2. The van der Waals surface area contributed by atoms with Crippen molar-refractivity contribution in [3.8, 4) is 11.3 Å². The summed E-state index contributed by atoms with van der Waals surface area (Å²) in [6, 6.07) is 25.6. The molecule has 4 aromatic rings. The Labute approximate surface area is 194 Å². The van der Waals surface area contributed by atoms with Crippen LogP contribution in [0.2, 0.25) is 0 Å². The van der Waals surface area contributed by atoms with Gasteiger partial charge in [-0.1, -0.05) is 92.2 Å². The third-order valence-electron chi connectivity index (χ3n) is 5.68. The van der Waals surface area contributed by atoms with Gasteiger partial charge in [0.15, 0.2) is 0 Å². The minimum atomic E-state index is -0.506. The third kappa shape index (κ3) is 5.01. The number of hydrogen-bond donors (Lipinski definition) is 0. The van der Waals surface area contributed by atoms with E-state index in [1.54, 1.807) is 6.07 Å². The molecule has 0 amide bonds. The van der Waals surface area contributed by atoms with Crippen LogP contribution in [-0.2, 0) is 10.3 Å². The second-order valence-corrected chi connectivity index (χ2v) is 9.32. The van der Waals surface area contributed by atoms with Crippen LogP contribution in [0.3, 0.4) is 0 Å². The minimum Gasteiger partial charge on any atom is -0.313 e. The Morgan fingerprint density at radius 2 is 1.64 bits per heavy atom. The van der Waals surface area contributed by atoms with Crippen molar-refractivity contribution in [1.82, 2.24) is 4.98 Å². The highest BCUT2D eigenvalue weighted by Crippen LogP contribution is 2.26. The molecular weight excluding hydrogens is 408 g/mol. The molecule has 166 valence electrons. The van der Waals surface area contributed by atoms with Crippen LogP contribution in [0.4, 0.5) is 0 Å². The van der Waals surface area contributed by atoms with Gasteiger partial charge < -0.3 is 4.84 Å². The van der Waals surface area contributed by atoms with Crippen LogP contribution in [-0.4, -0.2) is 16.7 Å². The maximum Gasteiger partial charge on any atom is 0.366 e. The number of rotatable bonds is 4. The first-order valence-corrected chi connectivity index (χ1v) is 11.1. The lowest BCUT2D eigenvalue weighted by Gasteiger charge is -2.19. The standard InChI is InChI=1S/C29H28N2O2/c1-19-9-8-10-22(17-19)27-18-25(24-11-6-7-12-26(24)30-27)28(32)33-31-20(2)21-13-15-23(16-14-21)29(3,4)5/h6-18H,1-5H3/b31-20-. The predicted molar refractivity (Wildman–Crippen MR) is 135 cm³/mol. The first-order valence-electron chi connectivity index (χ1n) is 11.1. The molecule has 0 spiro atoms. The zero-order chi connectivity index (χ0) is 23.6. The summed E-state index contributed by atoms with van der Waals surface area (Å²) in [5.74, 6) is -0.506. The lowest BCUT2D eigenvalue weighted by molar-refractivity contribution is 0.0518. The van der Waals surface area contributed by atoms with E-state index in [-0.39, 0.29) is 5.41 Å². The van der Waals surface area contributed by atoms with Gasteiger partial charge in [-0.25, -0.2) is 9.78 Å². The lowest BCUT2D eigenvalue weighted by Crippen LogP contribution is -2.11. The van der Waals surface area contributed by atoms with Crippen LogP contribution < -0.4 is 0 Å². The van der Waals surface area contributed by atoms with E-state index in [0.717, 1.165) is 33.3 Å². The number of carbonyl (C=O) groups is 1. The minimum absolute atomic E-state index is 0.0768. The lowest BCUT2D eigenvalue weighted by atomic mass is 9.86. The number of oxime groups is 1. The van der Waals surface area contributed by atoms with Gasteiger partial charge in [-0.2, -0.15) is 0 Å². The summed E-state index contributed by atoms with van der Waals surface area (Å²) in [5.41, 5.74) is 6.85. The molecule has 33 heavy (non-hydrogen) atoms. The SMILES string of the molecule is C/C(=N/OC(=O)c1cc(-c2cccc(C)c2)nc2ccccc12)c1ccc(C(C)(C)C)cc1. The third-order valence-corrected chi connectivity index (χ3v) is 5.68. The van der Waals surface area contributed by atoms with E-state index in [1.165, 1.54) is 5.56 Å². The second kappa shape index (κ2) is 8.99. The summed E-state index contributed by atoms with van der Waals surface area (Å²) < 4.78 is 0. The normalized spacial score (nSPS) is 12.1. The molecule has 4 rings (SSSR count). The van der Waals surface area contributed by atoms with Gasteiger partial charge >= 0.3 is 5.97 Å². The molecule has 0 saturated carbocycles. The van der Waals surface area contributed by atoms with Gasteiger partial charge in [0.05, 0.1) is 22.5 Å². The van der Waals surface area contributed by atoms with Gasteiger partial charge in [-0.15, -0.1) is 0 Å². The summed E-state index contributed by atoms with van der Waals surface area (Å²) in [4.78, 5) is 23.2. The molecule has 0 saturated heterocycles. The van der Waals surface area contributed by atoms with Gasteiger partial charge in [-0.05, 0) is 48.6 Å². The van der Waals surface area contributed by atoms with Gasteiger partial charge in [0.1, 0.15) is 0 Å². The largest absolute Gasteiger partial charge is 0.366 e. The number of fused-ring (bicyclic) bond motifs is 1. The van der Waals surface area contributed by atoms with Crippen molar-refractivity contribution < 1.29 is 9.63 Å². The Bertz CT molecular complexity index is 1350. The highest BCUT2D eigenvalue weighted by Gasteiger charge is 2.17. The number of carbonyl (C=O) groups excluding carboxylic acids is 1. The zero-order valence-electron chi connectivity index (χ0n) is 19.7. The summed E-state index contributed by atoms with van der Waals surface area (Å²) in [6.07, 6.45) is 0. The molecule has 0 N–H and O–H groups in total. The maximum absolute atomic E-state index is 13.1. The summed E-state index contributed by atoms with van der Waals surface area (Å²) >= 11 is 0. The monoisotopic (exact) mass is 436 g/mol. The molecule has 4 heteroatoms. The van der Waals surface area contributed by atoms with E-state index >= 15 is 0 Å². The summed E-state index contributed by atoms with van der Waals surface area (Å²) in [7, 11) is 0. The van der Waals surface area contributed by atoms with Crippen LogP contribution >= 0.6 is 0 Å². The number of aromatic nitrogens is 1. The van der Waals surface area contributed by atoms with E-state index in [4.69, 9.17) is 9.82 Å². The number of benzene rings is 3. The average molecular weight is 437 g/mol. The summed E-state index contributed by atoms with van der Waals surface area (Å²) in [6.45, 7) is 10.4. The molecule has 0 atom stereocenters. The van der Waals surface area contributed by atoms with E-state index < -0.39 is 5.97 Å². The summed E-state index contributed by atoms with van der Waals surface area (Å²) in [5, 5.41) is 4.87. The highest BCUT2D eigenvalue weighted by atomic mass is 16.7. The van der Waals surface area contributed by atoms with Gasteiger partial charge in [0.2, 0.25) is 0 Å². The molecule has 0 aliphatic carbocycles. The van der Waals surface area contributed by atoms with E-state index in [1.807, 2.05) is 68.4 Å². The zero-order valence-corrected chi connectivity index (χ0v) is 19.7. The maximum atomic E-state index is 13.1. The molecule has 3 aromatic carbocycles. The first kappa shape index (κ1) is 22.4. The topological polar surface area (TPSA) is 51.5 Å². The Kier molecular flexibility index (Phi) is 6.10. The molecule has 1 heterocycles. The smallest absolute Gasteiger partial charge is 0.313 e. The Balaban J connectivity index is 1.65. The van der Waals surface area contributed by atoms with Crippen LogP contribution in [0.5, 0.6) is 0 Å². The fraction of sp³-hybridized carbons (Fsp3) is 0.207. The number of para-hydroxylation sites is 1. The van der Waals surface area contributed by atoms with Gasteiger partial charge in [0, 0.05) is 10.9 Å². The molecule has 4 nitrogen and oxygen atoms in total. The van der Waals surface area contributed by atoms with Crippen molar-refractivity contribution in [2.75, 3.05) is 0 Å². The van der Waals surface area contributed by atoms with E-state index in [9.17, 15) is 4.79 Å². The van der Waals surface area contributed by atoms with Crippen LogP contribution in [0.15, 0.2) is 84.0 Å². The second-order valence-electron chi connectivity index (χ2n) is 9.32. The Morgan fingerprint density at radius 3 is 2.33 bits per heavy atom. The number of aryl methyl sites for hydroxylation is 1. The quantitative estimate of drug-likeness (QED) is 0.195. The average Bonchev–Trinajstić information content (AvgIpc) is 2.81. The number of hydrogen-bond acceptors (Lipinski definition) is 4. The molecule has 0 aliphatic rings. The molecule has 0 unspecified atom stereocenters. The molecule has 0 radical (unpaired) electrons. The molecule has 0 fully saturated rings. The van der Waals surface area contributed by atoms with E-state index in [2.05, 4.69) is 44.1 Å². The van der Waals surface area contributed by atoms with Crippen LogP contribution in [0, 0.1) is 6.92 Å². The van der Waals surface area contributed by atoms with Crippen molar-refractivity contribution in [2.24, 2.45) is 5.16 Å². The number of nitrogens with zero attached hydrogens (tertiary/aromatic N) is 2. The number of pyridine rings is 1. The fourth-order valence-electron chi connectivity index (χ4n) is 3.72.